The summed E-state index contributed by atoms with van der Waals surface area (Å²) in [5.74, 6) is -0.232. The average molecular weight is 324 g/mol. The van der Waals surface area contributed by atoms with E-state index in [9.17, 15) is 4.79 Å². The van der Waals surface area contributed by atoms with Crippen molar-refractivity contribution in [3.8, 4) is 0 Å². The molecule has 1 aliphatic heterocycles. The lowest BCUT2D eigenvalue weighted by atomic mass is 10.0. The van der Waals surface area contributed by atoms with Crippen molar-refractivity contribution in [1.82, 2.24) is 25.3 Å². The first-order valence-corrected chi connectivity index (χ1v) is 7.66. The SMILES string of the molecule is Cc1[nH]c(C=C2C(=O)NN=C2c2ccncn2)c(C)c1CN(C)C. The van der Waals surface area contributed by atoms with Crippen molar-refractivity contribution in [3.63, 3.8) is 0 Å². The first kappa shape index (κ1) is 16.1. The van der Waals surface area contributed by atoms with E-state index in [4.69, 9.17) is 0 Å². The molecule has 0 saturated carbocycles. The Morgan fingerprint density at radius 1 is 1.29 bits per heavy atom. The lowest BCUT2D eigenvalue weighted by Gasteiger charge is -2.10. The Bertz CT molecular complexity index is 832. The van der Waals surface area contributed by atoms with Crippen molar-refractivity contribution in [2.45, 2.75) is 20.4 Å². The van der Waals surface area contributed by atoms with Crippen molar-refractivity contribution in [2.75, 3.05) is 14.1 Å². The number of nitrogens with zero attached hydrogens (tertiary/aromatic N) is 4. The minimum Gasteiger partial charge on any atom is -0.359 e. The third-order valence-electron chi connectivity index (χ3n) is 3.99. The number of aryl methyl sites for hydroxylation is 1. The maximum atomic E-state index is 12.2. The van der Waals surface area contributed by atoms with Crippen molar-refractivity contribution < 1.29 is 4.79 Å². The van der Waals surface area contributed by atoms with Gasteiger partial charge >= 0.3 is 0 Å². The van der Waals surface area contributed by atoms with E-state index in [0.29, 0.717) is 17.0 Å². The highest BCUT2D eigenvalue weighted by atomic mass is 16.2. The summed E-state index contributed by atoms with van der Waals surface area (Å²) in [5.41, 5.74) is 8.54. The number of amides is 1. The lowest BCUT2D eigenvalue weighted by Crippen LogP contribution is -2.14. The van der Waals surface area contributed by atoms with Gasteiger partial charge in [0.2, 0.25) is 0 Å². The highest BCUT2D eigenvalue weighted by Crippen LogP contribution is 2.23. The van der Waals surface area contributed by atoms with Gasteiger partial charge in [-0.1, -0.05) is 0 Å². The zero-order valence-corrected chi connectivity index (χ0v) is 14.2. The van der Waals surface area contributed by atoms with Crippen LogP contribution in [-0.2, 0) is 11.3 Å². The molecule has 0 unspecified atom stereocenters. The molecular weight excluding hydrogens is 304 g/mol. The number of hydrogen-bond acceptors (Lipinski definition) is 5. The van der Waals surface area contributed by atoms with E-state index in [1.165, 1.54) is 11.9 Å². The van der Waals surface area contributed by atoms with Gasteiger partial charge in [-0.05, 0) is 51.2 Å². The zero-order valence-electron chi connectivity index (χ0n) is 14.2. The summed E-state index contributed by atoms with van der Waals surface area (Å²) in [7, 11) is 4.07. The van der Waals surface area contributed by atoms with Gasteiger partial charge in [0.05, 0.1) is 11.3 Å². The number of nitrogens with one attached hydrogen (secondary N) is 2. The second kappa shape index (κ2) is 6.37. The van der Waals surface area contributed by atoms with Gasteiger partial charge in [0.25, 0.3) is 5.91 Å². The van der Waals surface area contributed by atoms with Crippen LogP contribution in [0.1, 0.15) is 28.2 Å². The van der Waals surface area contributed by atoms with Gasteiger partial charge in [-0.2, -0.15) is 5.10 Å². The Kier molecular flexibility index (Phi) is 4.26. The predicted molar refractivity (Wildman–Crippen MR) is 92.3 cm³/mol. The smallest absolute Gasteiger partial charge is 0.273 e. The van der Waals surface area contributed by atoms with Crippen LogP contribution in [0.5, 0.6) is 0 Å². The standard InChI is InChI=1S/C17H20N6O/c1-10-13(8-23(3)4)11(2)20-15(10)7-12-16(21-22-17(12)24)14-5-6-18-9-19-14/h5-7,9,20H,8H2,1-4H3,(H,22,24). The Balaban J connectivity index is 2.01. The molecule has 3 heterocycles. The number of H-pyrrole nitrogens is 1. The molecule has 2 aromatic rings. The highest BCUT2D eigenvalue weighted by molar-refractivity contribution is 6.32. The molecule has 3 rings (SSSR count). The first-order chi connectivity index (χ1) is 11.5. The maximum Gasteiger partial charge on any atom is 0.273 e. The van der Waals surface area contributed by atoms with Gasteiger partial charge in [-0.15, -0.1) is 0 Å². The molecule has 0 bridgehead atoms. The molecule has 1 aliphatic rings. The number of rotatable bonds is 4. The summed E-state index contributed by atoms with van der Waals surface area (Å²) < 4.78 is 0. The van der Waals surface area contributed by atoms with Crippen LogP contribution in [-0.4, -0.2) is 45.6 Å². The quantitative estimate of drug-likeness (QED) is 0.833. The van der Waals surface area contributed by atoms with Crippen molar-refractivity contribution >= 4 is 17.7 Å². The fraction of sp³-hybridized carbons (Fsp3) is 0.294. The molecule has 7 heteroatoms. The molecule has 1 amide bonds. The second-order valence-electron chi connectivity index (χ2n) is 6.06. The summed E-state index contributed by atoms with van der Waals surface area (Å²) in [5, 5.41) is 4.11. The highest BCUT2D eigenvalue weighted by Gasteiger charge is 2.25. The second-order valence-corrected chi connectivity index (χ2v) is 6.06. The maximum absolute atomic E-state index is 12.2. The number of carbonyl (C=O) groups is 1. The van der Waals surface area contributed by atoms with Gasteiger partial charge in [0.15, 0.2) is 0 Å². The van der Waals surface area contributed by atoms with Crippen LogP contribution in [0.4, 0.5) is 0 Å². The fourth-order valence-corrected chi connectivity index (χ4v) is 2.75. The molecule has 0 spiro atoms. The lowest BCUT2D eigenvalue weighted by molar-refractivity contribution is -0.116. The van der Waals surface area contributed by atoms with E-state index in [1.807, 2.05) is 27.1 Å². The van der Waals surface area contributed by atoms with Crippen LogP contribution in [0.15, 0.2) is 29.3 Å². The number of hydrogen-bond donors (Lipinski definition) is 2. The Hall–Kier alpha value is -2.80. The monoisotopic (exact) mass is 324 g/mol. The van der Waals surface area contributed by atoms with Crippen molar-refractivity contribution in [1.29, 1.82) is 0 Å². The number of hydrazone groups is 1. The number of carbonyl (C=O) groups excluding carboxylic acids is 1. The summed E-state index contributed by atoms with van der Waals surface area (Å²) in [4.78, 5) is 25.8. The van der Waals surface area contributed by atoms with Gasteiger partial charge in [-0.25, -0.2) is 15.4 Å². The molecule has 0 atom stereocenters. The Labute approximate surface area is 140 Å². The van der Waals surface area contributed by atoms with Crippen LogP contribution in [0.2, 0.25) is 0 Å². The van der Waals surface area contributed by atoms with Crippen LogP contribution in [0.25, 0.3) is 6.08 Å². The average Bonchev–Trinajstić information content (AvgIpc) is 3.04. The summed E-state index contributed by atoms with van der Waals surface area (Å²) in [6, 6.07) is 1.73. The number of aromatic nitrogens is 3. The molecule has 24 heavy (non-hydrogen) atoms. The fourth-order valence-electron chi connectivity index (χ4n) is 2.75. The number of aromatic amines is 1. The normalized spacial score (nSPS) is 16.0. The van der Waals surface area contributed by atoms with Crippen LogP contribution in [0, 0.1) is 13.8 Å². The largest absolute Gasteiger partial charge is 0.359 e. The molecular formula is C17H20N6O. The third kappa shape index (κ3) is 2.98. The Morgan fingerprint density at radius 2 is 2.08 bits per heavy atom. The molecule has 7 nitrogen and oxygen atoms in total. The predicted octanol–water partition coefficient (Wildman–Crippen LogP) is 1.40. The first-order valence-electron chi connectivity index (χ1n) is 7.66. The van der Waals surface area contributed by atoms with Crippen molar-refractivity contribution in [2.24, 2.45) is 5.10 Å². The van der Waals surface area contributed by atoms with Crippen LogP contribution < -0.4 is 5.43 Å². The summed E-state index contributed by atoms with van der Waals surface area (Å²) in [6.07, 6.45) is 4.91. The van der Waals surface area contributed by atoms with Gasteiger partial charge < -0.3 is 9.88 Å². The third-order valence-corrected chi connectivity index (χ3v) is 3.99. The molecule has 2 N–H and O–H groups in total. The summed E-state index contributed by atoms with van der Waals surface area (Å²) in [6.45, 7) is 4.95. The van der Waals surface area contributed by atoms with E-state index in [-0.39, 0.29) is 5.91 Å². The zero-order chi connectivity index (χ0) is 17.3. The Morgan fingerprint density at radius 3 is 2.75 bits per heavy atom. The molecule has 2 aromatic heterocycles. The van der Waals surface area contributed by atoms with Gasteiger partial charge in [-0.3, -0.25) is 4.79 Å². The van der Waals surface area contributed by atoms with E-state index >= 15 is 0 Å². The van der Waals surface area contributed by atoms with Gasteiger partial charge in [0, 0.05) is 24.1 Å². The molecule has 124 valence electrons. The van der Waals surface area contributed by atoms with Crippen LogP contribution in [0.3, 0.4) is 0 Å². The molecule has 0 aliphatic carbocycles. The van der Waals surface area contributed by atoms with E-state index in [2.05, 4.69) is 37.3 Å². The molecule has 0 radical (unpaired) electrons. The minimum absolute atomic E-state index is 0.232. The molecule has 0 aromatic carbocycles. The van der Waals surface area contributed by atoms with Crippen LogP contribution >= 0.6 is 0 Å². The molecule has 0 fully saturated rings. The van der Waals surface area contributed by atoms with Crippen molar-refractivity contribution in [3.05, 3.63) is 52.4 Å². The van der Waals surface area contributed by atoms with E-state index < -0.39 is 0 Å². The van der Waals surface area contributed by atoms with E-state index in [0.717, 1.165) is 23.5 Å². The topological polar surface area (TPSA) is 86.3 Å². The minimum atomic E-state index is -0.232. The summed E-state index contributed by atoms with van der Waals surface area (Å²) >= 11 is 0. The molecule has 0 saturated heterocycles. The van der Waals surface area contributed by atoms with E-state index in [1.54, 1.807) is 12.3 Å². The van der Waals surface area contributed by atoms with Gasteiger partial charge in [0.1, 0.15) is 12.0 Å².